The predicted octanol–water partition coefficient (Wildman–Crippen LogP) is 3.94. The number of hydrogen-bond donors (Lipinski definition) is 2. The van der Waals surface area contributed by atoms with Gasteiger partial charge < -0.3 is 10.4 Å². The highest BCUT2D eigenvalue weighted by Gasteiger charge is 2.20. The summed E-state index contributed by atoms with van der Waals surface area (Å²) in [5.41, 5.74) is 2.54. The van der Waals surface area contributed by atoms with Crippen molar-refractivity contribution in [2.45, 2.75) is 60.1 Å². The molecule has 1 aromatic rings. The second-order valence-electron chi connectivity index (χ2n) is 7.35. The smallest absolute Gasteiger partial charge is 0.0914 e. The van der Waals surface area contributed by atoms with Crippen molar-refractivity contribution in [2.75, 3.05) is 6.54 Å². The highest BCUT2D eigenvalue weighted by atomic mass is 16.3. The molecule has 0 saturated heterocycles. The van der Waals surface area contributed by atoms with Gasteiger partial charge in [0.05, 0.1) is 6.10 Å². The summed E-state index contributed by atoms with van der Waals surface area (Å²) in [5, 5.41) is 13.7. The fourth-order valence-electron chi connectivity index (χ4n) is 2.06. The average molecular weight is 277 g/mol. The van der Waals surface area contributed by atoms with E-state index in [1.807, 2.05) is 12.1 Å². The molecule has 0 heterocycles. The molecule has 1 aromatic carbocycles. The molecular weight excluding hydrogens is 246 g/mol. The van der Waals surface area contributed by atoms with Crippen molar-refractivity contribution in [2.24, 2.45) is 11.3 Å². The van der Waals surface area contributed by atoms with E-state index < -0.39 is 6.10 Å². The van der Waals surface area contributed by atoms with Crippen LogP contribution in [0, 0.1) is 11.3 Å². The lowest BCUT2D eigenvalue weighted by Crippen LogP contribution is -2.39. The first-order chi connectivity index (χ1) is 9.20. The third-order valence-electron chi connectivity index (χ3n) is 3.92. The third-order valence-corrected chi connectivity index (χ3v) is 3.92. The van der Waals surface area contributed by atoms with E-state index in [2.05, 4.69) is 59.0 Å². The van der Waals surface area contributed by atoms with Crippen LogP contribution in [0.25, 0.3) is 0 Å². The summed E-state index contributed by atoms with van der Waals surface area (Å²) in [4.78, 5) is 0. The van der Waals surface area contributed by atoms with Gasteiger partial charge in [-0.3, -0.25) is 0 Å². The van der Waals surface area contributed by atoms with Crippen molar-refractivity contribution < 1.29 is 5.11 Å². The Bertz CT molecular complexity index is 389. The van der Waals surface area contributed by atoms with Crippen LogP contribution in [0.5, 0.6) is 0 Å². The Labute approximate surface area is 124 Å². The Morgan fingerprint density at radius 1 is 1.05 bits per heavy atom. The fraction of sp³-hybridized carbons (Fsp3) is 0.667. The zero-order chi connectivity index (χ0) is 15.3. The maximum Gasteiger partial charge on any atom is 0.0914 e. The lowest BCUT2D eigenvalue weighted by molar-refractivity contribution is 0.158. The van der Waals surface area contributed by atoms with E-state index in [1.54, 1.807) is 0 Å². The minimum absolute atomic E-state index is 0.209. The summed E-state index contributed by atoms with van der Waals surface area (Å²) >= 11 is 0. The summed E-state index contributed by atoms with van der Waals surface area (Å²) in [6.07, 6.45) is 0.656. The second kappa shape index (κ2) is 7.24. The summed E-state index contributed by atoms with van der Waals surface area (Å²) in [6.45, 7) is 13.8. The normalized spacial score (nSPS) is 15.4. The quantitative estimate of drug-likeness (QED) is 0.825. The van der Waals surface area contributed by atoms with Gasteiger partial charge in [0.2, 0.25) is 0 Å². The molecule has 0 radical (unpaired) electrons. The minimum atomic E-state index is -0.437. The molecule has 2 unspecified atom stereocenters. The Hall–Kier alpha value is -0.860. The molecule has 114 valence electrons. The van der Waals surface area contributed by atoms with Crippen LogP contribution in [0.2, 0.25) is 0 Å². The van der Waals surface area contributed by atoms with Crippen LogP contribution in [-0.4, -0.2) is 17.7 Å². The second-order valence-corrected chi connectivity index (χ2v) is 7.35. The molecule has 0 fully saturated rings. The number of nitrogens with one attached hydrogen (secondary N) is 1. The van der Waals surface area contributed by atoms with Gasteiger partial charge in [0.25, 0.3) is 0 Å². The molecule has 1 rings (SSSR count). The van der Waals surface area contributed by atoms with E-state index in [0.717, 1.165) is 12.0 Å². The summed E-state index contributed by atoms with van der Waals surface area (Å²) < 4.78 is 0. The maximum absolute atomic E-state index is 10.2. The van der Waals surface area contributed by atoms with Crippen LogP contribution in [0.3, 0.4) is 0 Å². The molecule has 0 spiro atoms. The van der Waals surface area contributed by atoms with Crippen molar-refractivity contribution in [3.8, 4) is 0 Å². The van der Waals surface area contributed by atoms with Crippen molar-refractivity contribution in [1.29, 1.82) is 0 Å². The molecule has 0 saturated carbocycles. The monoisotopic (exact) mass is 277 g/mol. The van der Waals surface area contributed by atoms with Gasteiger partial charge in [-0.25, -0.2) is 0 Å². The zero-order valence-corrected chi connectivity index (χ0v) is 13.9. The zero-order valence-electron chi connectivity index (χ0n) is 13.9. The Morgan fingerprint density at radius 3 is 2.05 bits per heavy atom. The number of aliphatic hydroxyl groups is 1. The van der Waals surface area contributed by atoms with Gasteiger partial charge in [0.15, 0.2) is 0 Å². The van der Waals surface area contributed by atoms with Gasteiger partial charge in [0, 0.05) is 12.6 Å². The van der Waals surface area contributed by atoms with Gasteiger partial charge in [-0.1, -0.05) is 58.9 Å². The highest BCUT2D eigenvalue weighted by molar-refractivity contribution is 5.24. The number of aliphatic hydroxyl groups excluding tert-OH is 1. The maximum atomic E-state index is 10.2. The van der Waals surface area contributed by atoms with Gasteiger partial charge >= 0.3 is 0 Å². The van der Waals surface area contributed by atoms with Gasteiger partial charge in [-0.2, -0.15) is 0 Å². The lowest BCUT2D eigenvalue weighted by Gasteiger charge is -2.29. The van der Waals surface area contributed by atoms with Crippen LogP contribution in [0.4, 0.5) is 0 Å². The SMILES string of the molecule is CC(C)Cc1ccc(C(O)CNC(C)C(C)(C)C)cc1. The van der Waals surface area contributed by atoms with Gasteiger partial charge in [-0.15, -0.1) is 0 Å². The van der Waals surface area contributed by atoms with Crippen molar-refractivity contribution in [1.82, 2.24) is 5.32 Å². The predicted molar refractivity (Wildman–Crippen MR) is 86.9 cm³/mol. The Kier molecular flexibility index (Phi) is 6.22. The average Bonchev–Trinajstić information content (AvgIpc) is 2.34. The van der Waals surface area contributed by atoms with Crippen LogP contribution in [0.15, 0.2) is 24.3 Å². The van der Waals surface area contributed by atoms with E-state index in [0.29, 0.717) is 18.5 Å². The van der Waals surface area contributed by atoms with Crippen molar-refractivity contribution >= 4 is 0 Å². The number of rotatable bonds is 6. The number of hydrogen-bond acceptors (Lipinski definition) is 2. The first kappa shape index (κ1) is 17.2. The highest BCUT2D eigenvalue weighted by Crippen LogP contribution is 2.20. The Balaban J connectivity index is 2.53. The standard InChI is InChI=1S/C18H31NO/c1-13(2)11-15-7-9-16(10-8-15)17(20)12-19-14(3)18(4,5)6/h7-10,13-14,17,19-20H,11-12H2,1-6H3. The molecule has 2 N–H and O–H groups in total. The van der Waals surface area contributed by atoms with Crippen LogP contribution >= 0.6 is 0 Å². The summed E-state index contributed by atoms with van der Waals surface area (Å²) in [5.74, 6) is 0.667. The van der Waals surface area contributed by atoms with Crippen LogP contribution in [0.1, 0.15) is 58.8 Å². The molecule has 0 aliphatic heterocycles. The fourth-order valence-corrected chi connectivity index (χ4v) is 2.06. The van der Waals surface area contributed by atoms with Crippen molar-refractivity contribution in [3.05, 3.63) is 35.4 Å². The van der Waals surface area contributed by atoms with E-state index in [9.17, 15) is 5.11 Å². The molecular formula is C18H31NO. The van der Waals surface area contributed by atoms with E-state index in [-0.39, 0.29) is 5.41 Å². The molecule has 0 amide bonds. The largest absolute Gasteiger partial charge is 0.387 e. The Morgan fingerprint density at radius 2 is 1.60 bits per heavy atom. The number of benzene rings is 1. The summed E-state index contributed by atoms with van der Waals surface area (Å²) in [7, 11) is 0. The molecule has 0 aliphatic carbocycles. The first-order valence-corrected chi connectivity index (χ1v) is 7.70. The van der Waals surface area contributed by atoms with Crippen LogP contribution in [-0.2, 0) is 6.42 Å². The molecule has 2 atom stereocenters. The third kappa shape index (κ3) is 5.64. The van der Waals surface area contributed by atoms with E-state index in [4.69, 9.17) is 0 Å². The molecule has 0 bridgehead atoms. The molecule has 0 aliphatic rings. The summed E-state index contributed by atoms with van der Waals surface area (Å²) in [6, 6.07) is 8.73. The van der Waals surface area contributed by atoms with E-state index in [1.165, 1.54) is 5.56 Å². The van der Waals surface area contributed by atoms with Crippen LogP contribution < -0.4 is 5.32 Å². The van der Waals surface area contributed by atoms with Gasteiger partial charge in [0.1, 0.15) is 0 Å². The first-order valence-electron chi connectivity index (χ1n) is 7.70. The van der Waals surface area contributed by atoms with Crippen molar-refractivity contribution in [3.63, 3.8) is 0 Å². The van der Waals surface area contributed by atoms with E-state index >= 15 is 0 Å². The molecule has 20 heavy (non-hydrogen) atoms. The molecule has 2 heteroatoms. The topological polar surface area (TPSA) is 32.3 Å². The lowest BCUT2D eigenvalue weighted by atomic mass is 9.88. The molecule has 2 nitrogen and oxygen atoms in total. The minimum Gasteiger partial charge on any atom is -0.387 e. The molecule has 0 aromatic heterocycles. The van der Waals surface area contributed by atoms with Gasteiger partial charge in [-0.05, 0) is 35.8 Å².